The van der Waals surface area contributed by atoms with Crippen molar-refractivity contribution in [1.29, 1.82) is 0 Å². The number of nitrogens with zero attached hydrogens (tertiary/aromatic N) is 5. The average Bonchev–Trinajstić information content (AvgIpc) is 3.43. The predicted octanol–water partition coefficient (Wildman–Crippen LogP) is 6.43. The second kappa shape index (κ2) is 8.81. The van der Waals surface area contributed by atoms with Gasteiger partial charge < -0.3 is 9.47 Å². The summed E-state index contributed by atoms with van der Waals surface area (Å²) >= 11 is 1.60. The summed E-state index contributed by atoms with van der Waals surface area (Å²) in [5.74, 6) is 0.953. The Kier molecular flexibility index (Phi) is 5.80. The third kappa shape index (κ3) is 4.51. The molecule has 5 aromatic rings. The van der Waals surface area contributed by atoms with Gasteiger partial charge in [-0.2, -0.15) is 13.2 Å². The molecule has 0 aliphatic heterocycles. The zero-order valence-electron chi connectivity index (χ0n) is 19.3. The Morgan fingerprint density at radius 1 is 1.00 bits per heavy atom. The second-order valence-electron chi connectivity index (χ2n) is 8.51. The summed E-state index contributed by atoms with van der Waals surface area (Å²) in [5.41, 5.74) is 4.78. The molecule has 0 unspecified atom stereocenters. The van der Waals surface area contributed by atoms with Gasteiger partial charge >= 0.3 is 6.18 Å². The maximum atomic E-state index is 13.0. The number of rotatable bonds is 5. The molecular formula is C26H22F3N5S. The number of hydrogen-bond acceptors (Lipinski definition) is 5. The number of imidazole rings is 1. The van der Waals surface area contributed by atoms with Crippen LogP contribution < -0.4 is 4.90 Å². The van der Waals surface area contributed by atoms with E-state index in [9.17, 15) is 13.2 Å². The molecule has 0 aliphatic rings. The Morgan fingerprint density at radius 2 is 1.74 bits per heavy atom. The number of fused-ring (bicyclic) bond motifs is 1. The number of aromatic nitrogens is 4. The lowest BCUT2D eigenvalue weighted by Crippen LogP contribution is -2.10. The first-order valence-electron chi connectivity index (χ1n) is 10.9. The lowest BCUT2D eigenvalue weighted by atomic mass is 10.0. The van der Waals surface area contributed by atoms with Gasteiger partial charge in [-0.15, -0.1) is 11.3 Å². The lowest BCUT2D eigenvalue weighted by Gasteiger charge is -2.16. The van der Waals surface area contributed by atoms with Crippen LogP contribution in [0.15, 0.2) is 66.3 Å². The number of para-hydroxylation sites is 1. The molecule has 0 spiro atoms. The van der Waals surface area contributed by atoms with Crippen LogP contribution in [0.4, 0.5) is 18.9 Å². The van der Waals surface area contributed by atoms with Crippen LogP contribution in [0, 0.1) is 0 Å². The highest BCUT2D eigenvalue weighted by Gasteiger charge is 2.34. The molecule has 0 N–H and O–H groups in total. The fourth-order valence-electron chi connectivity index (χ4n) is 4.05. The monoisotopic (exact) mass is 493 g/mol. The molecule has 3 aromatic heterocycles. The summed E-state index contributed by atoms with van der Waals surface area (Å²) in [7, 11) is 5.55. The van der Waals surface area contributed by atoms with Gasteiger partial charge in [0, 0.05) is 56.8 Å². The molecule has 0 bridgehead atoms. The summed E-state index contributed by atoms with van der Waals surface area (Å²) in [6, 6.07) is 15.5. The van der Waals surface area contributed by atoms with Crippen molar-refractivity contribution in [3.63, 3.8) is 0 Å². The number of halogens is 3. The van der Waals surface area contributed by atoms with Crippen molar-refractivity contribution in [2.24, 2.45) is 7.05 Å². The van der Waals surface area contributed by atoms with Crippen molar-refractivity contribution in [2.45, 2.75) is 12.6 Å². The zero-order valence-corrected chi connectivity index (χ0v) is 20.2. The normalized spacial score (nSPS) is 11.8. The molecule has 0 aliphatic carbocycles. The molecular weight excluding hydrogens is 471 g/mol. The van der Waals surface area contributed by atoms with E-state index in [0.717, 1.165) is 38.8 Å². The highest BCUT2D eigenvalue weighted by molar-refractivity contribution is 7.17. The van der Waals surface area contributed by atoms with E-state index in [4.69, 9.17) is 4.98 Å². The van der Waals surface area contributed by atoms with Crippen molar-refractivity contribution in [2.75, 3.05) is 19.0 Å². The molecule has 5 rings (SSSR count). The number of benzene rings is 2. The quantitative estimate of drug-likeness (QED) is 0.283. The Hall–Kier alpha value is -3.72. The van der Waals surface area contributed by atoms with Gasteiger partial charge in [-0.3, -0.25) is 0 Å². The minimum absolute atomic E-state index is 0.279. The molecule has 0 radical (unpaired) electrons. The minimum atomic E-state index is -4.47. The van der Waals surface area contributed by atoms with Crippen LogP contribution in [-0.4, -0.2) is 33.6 Å². The zero-order chi connectivity index (χ0) is 24.7. The molecule has 178 valence electrons. The number of aryl methyl sites for hydroxylation is 1. The Morgan fingerprint density at radius 3 is 2.43 bits per heavy atom. The third-order valence-electron chi connectivity index (χ3n) is 5.79. The van der Waals surface area contributed by atoms with Crippen LogP contribution >= 0.6 is 11.3 Å². The Bertz CT molecular complexity index is 1500. The molecule has 0 amide bonds. The number of anilines is 1. The molecule has 5 nitrogen and oxygen atoms in total. The van der Waals surface area contributed by atoms with Gasteiger partial charge in [0.25, 0.3) is 0 Å². The highest BCUT2D eigenvalue weighted by Crippen LogP contribution is 2.33. The molecule has 0 saturated carbocycles. The van der Waals surface area contributed by atoms with Gasteiger partial charge in [0.05, 0.1) is 10.2 Å². The minimum Gasteiger partial charge on any atom is -0.377 e. The van der Waals surface area contributed by atoms with Crippen molar-refractivity contribution in [3.8, 4) is 22.8 Å². The van der Waals surface area contributed by atoms with Crippen LogP contribution in [0.25, 0.3) is 33.0 Å². The van der Waals surface area contributed by atoms with Gasteiger partial charge in [0.1, 0.15) is 5.82 Å². The lowest BCUT2D eigenvalue weighted by molar-refractivity contribution is -0.140. The number of alkyl halides is 3. The van der Waals surface area contributed by atoms with Gasteiger partial charge in [-0.1, -0.05) is 36.4 Å². The van der Waals surface area contributed by atoms with Gasteiger partial charge in [-0.25, -0.2) is 15.0 Å². The standard InChI is InChI=1S/C26H22F3N5S/c1-33(2)20-7-5-4-6-19(20)24-30-13-21-23(32-24)18(15-35-21)12-16-8-10-17(11-9-16)25-31-22(14-34(25)3)26(27,28)29/h4-11,13-15H,12H2,1-3H3. The summed E-state index contributed by atoms with van der Waals surface area (Å²) in [6.07, 6.45) is -0.947. The third-order valence-corrected chi connectivity index (χ3v) is 6.74. The molecule has 3 heterocycles. The Balaban J connectivity index is 1.44. The van der Waals surface area contributed by atoms with Crippen LogP contribution in [-0.2, 0) is 19.6 Å². The molecule has 0 fully saturated rings. The second-order valence-corrected chi connectivity index (χ2v) is 9.42. The average molecular weight is 494 g/mol. The topological polar surface area (TPSA) is 46.8 Å². The molecule has 9 heteroatoms. The summed E-state index contributed by atoms with van der Waals surface area (Å²) < 4.78 is 41.4. The SMILES string of the molecule is CN(C)c1ccccc1-c1ncc2scc(Cc3ccc(-c4nc(C(F)(F)F)cn4C)cc3)c2n1. The number of thiophene rings is 1. The van der Waals surface area contributed by atoms with Crippen molar-refractivity contribution < 1.29 is 13.2 Å². The van der Waals surface area contributed by atoms with E-state index in [-0.39, 0.29) is 5.82 Å². The molecule has 35 heavy (non-hydrogen) atoms. The van der Waals surface area contributed by atoms with E-state index >= 15 is 0 Å². The fourth-order valence-corrected chi connectivity index (χ4v) is 4.91. The summed E-state index contributed by atoms with van der Waals surface area (Å²) in [5, 5.41) is 2.09. The molecule has 2 aromatic carbocycles. The van der Waals surface area contributed by atoms with E-state index < -0.39 is 11.9 Å². The van der Waals surface area contributed by atoms with Crippen molar-refractivity contribution >= 4 is 27.2 Å². The predicted molar refractivity (Wildman–Crippen MR) is 134 cm³/mol. The van der Waals surface area contributed by atoms with Crippen LogP contribution in [0.3, 0.4) is 0 Å². The smallest absolute Gasteiger partial charge is 0.377 e. The maximum Gasteiger partial charge on any atom is 0.434 e. The van der Waals surface area contributed by atoms with Crippen LogP contribution in [0.1, 0.15) is 16.8 Å². The van der Waals surface area contributed by atoms with Crippen LogP contribution in [0.5, 0.6) is 0 Å². The summed E-state index contributed by atoms with van der Waals surface area (Å²) in [6.45, 7) is 0. The molecule has 0 saturated heterocycles. The first kappa shape index (κ1) is 23.0. The van der Waals surface area contributed by atoms with E-state index in [1.165, 1.54) is 4.57 Å². The van der Waals surface area contributed by atoms with E-state index in [0.29, 0.717) is 17.8 Å². The largest absolute Gasteiger partial charge is 0.434 e. The fraction of sp³-hybridized carbons (Fsp3) is 0.192. The Labute approximate surface area is 204 Å². The van der Waals surface area contributed by atoms with Crippen LogP contribution in [0.2, 0.25) is 0 Å². The maximum absolute atomic E-state index is 13.0. The van der Waals surface area contributed by atoms with Gasteiger partial charge in [0.15, 0.2) is 11.5 Å². The van der Waals surface area contributed by atoms with E-state index in [1.807, 2.05) is 61.6 Å². The highest BCUT2D eigenvalue weighted by atomic mass is 32.1. The first-order chi connectivity index (χ1) is 16.7. The summed E-state index contributed by atoms with van der Waals surface area (Å²) in [4.78, 5) is 15.3. The molecule has 0 atom stereocenters. The van der Waals surface area contributed by atoms with Gasteiger partial charge in [-0.05, 0) is 28.6 Å². The van der Waals surface area contributed by atoms with Gasteiger partial charge in [0.2, 0.25) is 0 Å². The van der Waals surface area contributed by atoms with E-state index in [2.05, 4.69) is 15.3 Å². The van der Waals surface area contributed by atoms with E-state index in [1.54, 1.807) is 30.5 Å². The van der Waals surface area contributed by atoms with Crippen molar-refractivity contribution in [3.05, 3.63) is 83.1 Å². The number of hydrogen-bond donors (Lipinski definition) is 0. The van der Waals surface area contributed by atoms with Crippen molar-refractivity contribution in [1.82, 2.24) is 19.5 Å². The first-order valence-corrected chi connectivity index (χ1v) is 11.8.